The molecule has 1 aromatic carbocycles. The first-order valence-electron chi connectivity index (χ1n) is 4.11. The number of rotatable bonds is 3. The number of aryl methyl sites for hydroxylation is 1. The zero-order valence-electron chi connectivity index (χ0n) is 7.65. The van der Waals surface area contributed by atoms with Crippen molar-refractivity contribution in [1.29, 1.82) is 0 Å². The summed E-state index contributed by atoms with van der Waals surface area (Å²) in [7, 11) is 0. The number of benzene rings is 1. The molecule has 4 heteroatoms. The van der Waals surface area contributed by atoms with Gasteiger partial charge in [-0.2, -0.15) is 8.78 Å². The van der Waals surface area contributed by atoms with E-state index in [2.05, 4.69) is 21.2 Å². The maximum absolute atomic E-state index is 11.7. The van der Waals surface area contributed by atoms with Crippen LogP contribution in [0.15, 0.2) is 34.8 Å². The molecular formula is C10H10BrF2N. The van der Waals surface area contributed by atoms with Crippen LogP contribution in [-0.4, -0.2) is 6.54 Å². The van der Waals surface area contributed by atoms with Gasteiger partial charge >= 0.3 is 0 Å². The Labute approximate surface area is 90.0 Å². The molecule has 0 amide bonds. The predicted octanol–water partition coefficient (Wildman–Crippen LogP) is 3.95. The maximum Gasteiger partial charge on any atom is 0.268 e. The molecular weight excluding hydrogens is 252 g/mol. The maximum atomic E-state index is 11.7. The SMILES string of the molecule is Cc1ccc(NCC=C(F)F)c(Br)c1. The zero-order chi connectivity index (χ0) is 10.6. The summed E-state index contributed by atoms with van der Waals surface area (Å²) in [5, 5.41) is 2.87. The van der Waals surface area contributed by atoms with Gasteiger partial charge in [-0.05, 0) is 40.5 Å². The lowest BCUT2D eigenvalue weighted by atomic mass is 10.2. The van der Waals surface area contributed by atoms with Gasteiger partial charge in [0.25, 0.3) is 6.08 Å². The van der Waals surface area contributed by atoms with Crippen LogP contribution in [0.25, 0.3) is 0 Å². The van der Waals surface area contributed by atoms with Crippen molar-refractivity contribution in [2.75, 3.05) is 11.9 Å². The number of nitrogens with one attached hydrogen (secondary N) is 1. The molecule has 14 heavy (non-hydrogen) atoms. The van der Waals surface area contributed by atoms with E-state index in [0.29, 0.717) is 0 Å². The molecule has 1 nitrogen and oxygen atoms in total. The summed E-state index contributed by atoms with van der Waals surface area (Å²) in [6.07, 6.45) is -0.826. The van der Waals surface area contributed by atoms with E-state index in [1.54, 1.807) is 0 Å². The summed E-state index contributed by atoms with van der Waals surface area (Å²) in [6, 6.07) is 5.70. The monoisotopic (exact) mass is 261 g/mol. The van der Waals surface area contributed by atoms with Crippen molar-refractivity contribution in [3.05, 3.63) is 40.4 Å². The second-order valence-corrected chi connectivity index (χ2v) is 3.71. The van der Waals surface area contributed by atoms with Crippen LogP contribution in [0.4, 0.5) is 14.5 Å². The van der Waals surface area contributed by atoms with Gasteiger partial charge in [0.2, 0.25) is 0 Å². The Balaban J connectivity index is 2.64. The Hall–Kier alpha value is -0.900. The van der Waals surface area contributed by atoms with Gasteiger partial charge in [-0.25, -0.2) is 0 Å². The Morgan fingerprint density at radius 1 is 1.50 bits per heavy atom. The molecule has 0 bridgehead atoms. The minimum atomic E-state index is -1.67. The van der Waals surface area contributed by atoms with E-state index in [4.69, 9.17) is 0 Å². The van der Waals surface area contributed by atoms with Crippen molar-refractivity contribution in [3.63, 3.8) is 0 Å². The molecule has 0 saturated carbocycles. The predicted molar refractivity (Wildman–Crippen MR) is 57.7 cm³/mol. The summed E-state index contributed by atoms with van der Waals surface area (Å²) < 4.78 is 24.3. The molecule has 0 aliphatic carbocycles. The van der Waals surface area contributed by atoms with Crippen molar-refractivity contribution < 1.29 is 8.78 Å². The largest absolute Gasteiger partial charge is 0.380 e. The number of hydrogen-bond donors (Lipinski definition) is 1. The fourth-order valence-electron chi connectivity index (χ4n) is 1.00. The van der Waals surface area contributed by atoms with E-state index in [0.717, 1.165) is 21.8 Å². The molecule has 1 aromatic rings. The third kappa shape index (κ3) is 3.46. The number of halogens is 3. The zero-order valence-corrected chi connectivity index (χ0v) is 9.24. The first-order chi connectivity index (χ1) is 6.59. The quantitative estimate of drug-likeness (QED) is 0.869. The Kier molecular flexibility index (Phi) is 4.07. The minimum absolute atomic E-state index is 0.129. The van der Waals surface area contributed by atoms with Gasteiger partial charge in [0.1, 0.15) is 0 Å². The molecule has 0 aliphatic rings. The molecule has 0 saturated heterocycles. The summed E-state index contributed by atoms with van der Waals surface area (Å²) in [5.74, 6) is 0. The summed E-state index contributed by atoms with van der Waals surface area (Å²) in [5.41, 5.74) is 1.93. The summed E-state index contributed by atoms with van der Waals surface area (Å²) >= 11 is 3.34. The average Bonchev–Trinajstić information content (AvgIpc) is 2.08. The van der Waals surface area contributed by atoms with Crippen molar-refractivity contribution in [2.45, 2.75) is 6.92 Å². The van der Waals surface area contributed by atoms with E-state index >= 15 is 0 Å². The van der Waals surface area contributed by atoms with E-state index in [9.17, 15) is 8.78 Å². The van der Waals surface area contributed by atoms with Crippen molar-refractivity contribution >= 4 is 21.6 Å². The summed E-state index contributed by atoms with van der Waals surface area (Å²) in [6.45, 7) is 2.10. The molecule has 1 N–H and O–H groups in total. The third-order valence-electron chi connectivity index (χ3n) is 1.67. The molecule has 0 atom stereocenters. The number of hydrogen-bond acceptors (Lipinski definition) is 1. The van der Waals surface area contributed by atoms with E-state index < -0.39 is 6.08 Å². The van der Waals surface area contributed by atoms with Crippen molar-refractivity contribution in [3.8, 4) is 0 Å². The molecule has 0 aliphatic heterocycles. The lowest BCUT2D eigenvalue weighted by Gasteiger charge is -2.06. The summed E-state index contributed by atoms with van der Waals surface area (Å²) in [4.78, 5) is 0. The number of anilines is 1. The van der Waals surface area contributed by atoms with Gasteiger partial charge < -0.3 is 5.32 Å². The molecule has 0 unspecified atom stereocenters. The molecule has 1 rings (SSSR count). The Bertz CT molecular complexity index is 346. The second-order valence-electron chi connectivity index (χ2n) is 2.86. The fraction of sp³-hybridized carbons (Fsp3) is 0.200. The lowest BCUT2D eigenvalue weighted by Crippen LogP contribution is -1.99. The highest BCUT2D eigenvalue weighted by atomic mass is 79.9. The van der Waals surface area contributed by atoms with Gasteiger partial charge in [0.15, 0.2) is 0 Å². The van der Waals surface area contributed by atoms with E-state index in [1.807, 2.05) is 25.1 Å². The van der Waals surface area contributed by atoms with Crippen molar-refractivity contribution in [1.82, 2.24) is 0 Å². The van der Waals surface area contributed by atoms with Crippen LogP contribution in [0.1, 0.15) is 5.56 Å². The topological polar surface area (TPSA) is 12.0 Å². The highest BCUT2D eigenvalue weighted by Gasteiger charge is 1.97. The second kappa shape index (κ2) is 5.10. The van der Waals surface area contributed by atoms with Gasteiger partial charge in [-0.15, -0.1) is 0 Å². The molecule has 0 spiro atoms. The van der Waals surface area contributed by atoms with Crippen LogP contribution in [0.5, 0.6) is 0 Å². The first kappa shape index (κ1) is 11.2. The van der Waals surface area contributed by atoms with Gasteiger partial charge in [-0.3, -0.25) is 0 Å². The average molecular weight is 262 g/mol. The van der Waals surface area contributed by atoms with Crippen LogP contribution in [0, 0.1) is 6.92 Å². The lowest BCUT2D eigenvalue weighted by molar-refractivity contribution is 0.419. The van der Waals surface area contributed by atoms with Crippen molar-refractivity contribution in [2.24, 2.45) is 0 Å². The van der Waals surface area contributed by atoms with Gasteiger partial charge in [0, 0.05) is 22.8 Å². The molecule has 0 aromatic heterocycles. The molecule has 0 fully saturated rings. The van der Waals surface area contributed by atoms with Crippen LogP contribution in [0.2, 0.25) is 0 Å². The highest BCUT2D eigenvalue weighted by molar-refractivity contribution is 9.10. The van der Waals surface area contributed by atoms with Crippen LogP contribution >= 0.6 is 15.9 Å². The molecule has 0 heterocycles. The Morgan fingerprint density at radius 3 is 2.79 bits per heavy atom. The molecule has 76 valence electrons. The van der Waals surface area contributed by atoms with E-state index in [1.165, 1.54) is 0 Å². The highest BCUT2D eigenvalue weighted by Crippen LogP contribution is 2.23. The van der Waals surface area contributed by atoms with Gasteiger partial charge in [-0.1, -0.05) is 6.07 Å². The Morgan fingerprint density at radius 2 is 2.21 bits per heavy atom. The minimum Gasteiger partial charge on any atom is -0.380 e. The smallest absolute Gasteiger partial charge is 0.268 e. The standard InChI is InChI=1S/C10H10BrF2N/c1-7-2-3-9(8(11)6-7)14-5-4-10(12)13/h2-4,6,14H,5H2,1H3. The fourth-order valence-corrected chi connectivity index (χ4v) is 1.64. The molecule has 0 radical (unpaired) electrons. The van der Waals surface area contributed by atoms with Crippen LogP contribution in [0.3, 0.4) is 0 Å². The third-order valence-corrected chi connectivity index (χ3v) is 2.33. The van der Waals surface area contributed by atoms with E-state index in [-0.39, 0.29) is 6.54 Å². The first-order valence-corrected chi connectivity index (χ1v) is 4.90. The van der Waals surface area contributed by atoms with Gasteiger partial charge in [0.05, 0.1) is 0 Å². The normalized spacial score (nSPS) is 9.71. The van der Waals surface area contributed by atoms with Crippen LogP contribution in [-0.2, 0) is 0 Å². The van der Waals surface area contributed by atoms with Crippen LogP contribution < -0.4 is 5.32 Å².